The summed E-state index contributed by atoms with van der Waals surface area (Å²) in [4.78, 5) is 43.0. The van der Waals surface area contributed by atoms with E-state index in [1.807, 2.05) is 0 Å². The second-order valence-corrected chi connectivity index (χ2v) is 7.97. The van der Waals surface area contributed by atoms with Gasteiger partial charge >= 0.3 is 0 Å². The Balaban J connectivity index is 1.29. The predicted octanol–water partition coefficient (Wildman–Crippen LogP) is 0.287. The molecule has 1 aromatic heterocycles. The van der Waals surface area contributed by atoms with Crippen LogP contribution in [-0.4, -0.2) is 68.1 Å². The maximum atomic E-state index is 12.7. The molecule has 1 saturated heterocycles. The Morgan fingerprint density at radius 1 is 1.03 bits per heavy atom. The second-order valence-electron chi connectivity index (χ2n) is 7.97. The molecule has 0 aliphatic carbocycles. The lowest BCUT2D eigenvalue weighted by Crippen LogP contribution is -2.52. The highest BCUT2D eigenvalue weighted by molar-refractivity contribution is 6.21. The lowest BCUT2D eigenvalue weighted by atomic mass is 10.1. The number of aliphatic hydroxyl groups excluding tert-OH is 2. The van der Waals surface area contributed by atoms with Gasteiger partial charge in [0, 0.05) is 0 Å². The number of hydrogen-bond donors (Lipinski definition) is 2. The van der Waals surface area contributed by atoms with Gasteiger partial charge in [-0.15, -0.1) is 0 Å². The molecule has 10 nitrogen and oxygen atoms in total. The molecule has 2 aromatic carbocycles. The number of ether oxygens (including phenoxy) is 2. The van der Waals surface area contributed by atoms with Gasteiger partial charge in [-0.3, -0.25) is 19.3 Å². The topological polar surface area (TPSA) is 131 Å². The fourth-order valence-electron chi connectivity index (χ4n) is 4.19. The molecule has 1 unspecified atom stereocenters. The van der Waals surface area contributed by atoms with E-state index in [0.717, 1.165) is 11.1 Å². The highest BCUT2D eigenvalue weighted by Gasteiger charge is 2.42. The van der Waals surface area contributed by atoms with E-state index in [4.69, 9.17) is 9.47 Å². The number of nitrogens with zero attached hydrogens (tertiary/aromatic N) is 3. The monoisotopic (exact) mass is 451 g/mol. The van der Waals surface area contributed by atoms with E-state index in [1.165, 1.54) is 4.57 Å². The Kier molecular flexibility index (Phi) is 5.51. The Morgan fingerprint density at radius 3 is 2.33 bits per heavy atom. The van der Waals surface area contributed by atoms with E-state index >= 15 is 0 Å². The van der Waals surface area contributed by atoms with Crippen LogP contribution < -0.4 is 5.56 Å². The molecule has 0 spiro atoms. The van der Waals surface area contributed by atoms with Gasteiger partial charge in [0.25, 0.3) is 17.4 Å². The van der Waals surface area contributed by atoms with Crippen LogP contribution in [0.15, 0.2) is 53.5 Å². The number of benzene rings is 2. The molecule has 2 amide bonds. The van der Waals surface area contributed by atoms with Crippen molar-refractivity contribution in [1.82, 2.24) is 14.5 Å². The fourth-order valence-corrected chi connectivity index (χ4v) is 4.19. The second kappa shape index (κ2) is 8.49. The van der Waals surface area contributed by atoms with Crippen molar-refractivity contribution in [3.8, 4) is 0 Å². The smallest absolute Gasteiger partial charge is 0.269 e. The Morgan fingerprint density at radius 2 is 1.70 bits per heavy atom. The van der Waals surface area contributed by atoms with E-state index in [1.54, 1.807) is 42.5 Å². The average molecular weight is 451 g/mol. The summed E-state index contributed by atoms with van der Waals surface area (Å²) in [5, 5.41) is 20.1. The molecule has 0 radical (unpaired) electrons. The standard InChI is InChI=1S/C23H21N3O7/c27-10-13-5-6-17-18(7-13)25(20(29)8-24-17)9-19(28)23-32-11-14(12-33-23)26-21(30)15-3-1-2-4-16(15)22(26)31/h1-8,14,19,23,27-28H,9-12H2. The van der Waals surface area contributed by atoms with Crippen LogP contribution in [0.2, 0.25) is 0 Å². The molecule has 33 heavy (non-hydrogen) atoms. The first-order valence-corrected chi connectivity index (χ1v) is 10.5. The molecular formula is C23H21N3O7. The molecule has 3 heterocycles. The maximum absolute atomic E-state index is 12.7. The largest absolute Gasteiger partial charge is 0.392 e. The van der Waals surface area contributed by atoms with E-state index in [9.17, 15) is 24.6 Å². The molecular weight excluding hydrogens is 430 g/mol. The Bertz CT molecular complexity index is 1260. The molecule has 10 heteroatoms. The first-order valence-electron chi connectivity index (χ1n) is 10.5. The summed E-state index contributed by atoms with van der Waals surface area (Å²) in [6, 6.07) is 11.0. The number of aromatic nitrogens is 2. The predicted molar refractivity (Wildman–Crippen MR) is 114 cm³/mol. The summed E-state index contributed by atoms with van der Waals surface area (Å²) in [5.74, 6) is -0.803. The van der Waals surface area contributed by atoms with Gasteiger partial charge in [0.05, 0.1) is 60.8 Å². The highest BCUT2D eigenvalue weighted by atomic mass is 16.7. The lowest BCUT2D eigenvalue weighted by Gasteiger charge is -2.35. The lowest BCUT2D eigenvalue weighted by molar-refractivity contribution is -0.238. The number of fused-ring (bicyclic) bond motifs is 2. The zero-order chi connectivity index (χ0) is 23.1. The van der Waals surface area contributed by atoms with Gasteiger partial charge in [-0.05, 0) is 29.8 Å². The minimum atomic E-state index is -1.20. The van der Waals surface area contributed by atoms with Crippen molar-refractivity contribution >= 4 is 22.8 Å². The zero-order valence-electron chi connectivity index (χ0n) is 17.5. The van der Waals surface area contributed by atoms with Gasteiger partial charge in [-0.25, -0.2) is 4.98 Å². The SMILES string of the molecule is O=C1c2ccccc2C(=O)N1C1COC(C(O)Cn2c(=O)cnc3ccc(CO)cc32)OC1. The highest BCUT2D eigenvalue weighted by Crippen LogP contribution is 2.27. The molecule has 0 bridgehead atoms. The van der Waals surface area contributed by atoms with E-state index in [0.29, 0.717) is 27.7 Å². The first kappa shape index (κ1) is 21.4. The van der Waals surface area contributed by atoms with Crippen LogP contribution in [0.5, 0.6) is 0 Å². The molecule has 2 aliphatic heterocycles. The van der Waals surface area contributed by atoms with E-state index in [-0.39, 0.29) is 26.4 Å². The molecule has 1 atom stereocenters. The number of rotatable bonds is 5. The molecule has 1 fully saturated rings. The van der Waals surface area contributed by atoms with Crippen molar-refractivity contribution < 1.29 is 29.3 Å². The summed E-state index contributed by atoms with van der Waals surface area (Å²) in [6.07, 6.45) is -1.09. The third kappa shape index (κ3) is 3.72. The van der Waals surface area contributed by atoms with Crippen LogP contribution in [0.25, 0.3) is 11.0 Å². The average Bonchev–Trinajstić information content (AvgIpc) is 3.10. The molecule has 0 saturated carbocycles. The fraction of sp³-hybridized carbons (Fsp3) is 0.304. The molecule has 3 aromatic rings. The Hall–Kier alpha value is -3.44. The number of imide groups is 1. The number of carbonyl (C=O) groups is 2. The number of aliphatic hydroxyl groups is 2. The van der Waals surface area contributed by atoms with Crippen LogP contribution in [0.3, 0.4) is 0 Å². The van der Waals surface area contributed by atoms with Crippen LogP contribution in [0.1, 0.15) is 26.3 Å². The number of amides is 2. The van der Waals surface area contributed by atoms with Crippen LogP contribution in [0.4, 0.5) is 0 Å². The van der Waals surface area contributed by atoms with Gasteiger partial charge in [0.15, 0.2) is 6.29 Å². The van der Waals surface area contributed by atoms with Crippen molar-refractivity contribution in [2.75, 3.05) is 13.2 Å². The van der Waals surface area contributed by atoms with Crippen LogP contribution in [0, 0.1) is 0 Å². The van der Waals surface area contributed by atoms with Crippen molar-refractivity contribution in [2.24, 2.45) is 0 Å². The quantitative estimate of drug-likeness (QED) is 0.529. The maximum Gasteiger partial charge on any atom is 0.269 e. The van der Waals surface area contributed by atoms with Crippen molar-refractivity contribution in [3.63, 3.8) is 0 Å². The minimum absolute atomic E-state index is 0.00610. The van der Waals surface area contributed by atoms with Gasteiger partial charge in [-0.2, -0.15) is 0 Å². The number of carbonyl (C=O) groups excluding carboxylic acids is 2. The summed E-state index contributed by atoms with van der Waals surface area (Å²) in [6.45, 7) is -0.341. The minimum Gasteiger partial charge on any atom is -0.392 e. The van der Waals surface area contributed by atoms with Gasteiger partial charge < -0.3 is 24.3 Å². The summed E-state index contributed by atoms with van der Waals surface area (Å²) in [7, 11) is 0. The summed E-state index contributed by atoms with van der Waals surface area (Å²) < 4.78 is 12.6. The van der Waals surface area contributed by atoms with Gasteiger partial charge in [-0.1, -0.05) is 18.2 Å². The van der Waals surface area contributed by atoms with Gasteiger partial charge in [0.2, 0.25) is 0 Å². The van der Waals surface area contributed by atoms with E-state index < -0.39 is 35.8 Å². The van der Waals surface area contributed by atoms with Crippen LogP contribution >= 0.6 is 0 Å². The van der Waals surface area contributed by atoms with Crippen molar-refractivity contribution in [1.29, 1.82) is 0 Å². The molecule has 170 valence electrons. The van der Waals surface area contributed by atoms with Gasteiger partial charge in [0.1, 0.15) is 6.10 Å². The number of hydrogen-bond acceptors (Lipinski definition) is 8. The van der Waals surface area contributed by atoms with Crippen molar-refractivity contribution in [2.45, 2.75) is 31.6 Å². The summed E-state index contributed by atoms with van der Waals surface area (Å²) >= 11 is 0. The molecule has 2 aliphatic rings. The zero-order valence-corrected chi connectivity index (χ0v) is 17.5. The van der Waals surface area contributed by atoms with E-state index in [2.05, 4.69) is 4.98 Å². The summed E-state index contributed by atoms with van der Waals surface area (Å²) in [5.41, 5.74) is 1.87. The third-order valence-corrected chi connectivity index (χ3v) is 5.87. The normalized spacial score (nSPS) is 21.5. The third-order valence-electron chi connectivity index (χ3n) is 5.87. The van der Waals surface area contributed by atoms with Crippen molar-refractivity contribution in [3.05, 3.63) is 75.7 Å². The Labute approximate surface area is 187 Å². The molecule has 5 rings (SSSR count). The first-order chi connectivity index (χ1) is 16.0. The van der Waals surface area contributed by atoms with Crippen LogP contribution in [-0.2, 0) is 22.6 Å². The molecule has 2 N–H and O–H groups in total.